The molecule has 0 aliphatic carbocycles. The topological polar surface area (TPSA) is 98.9 Å². The first-order valence-electron chi connectivity index (χ1n) is 9.47. The van der Waals surface area contributed by atoms with E-state index in [0.717, 1.165) is 0 Å². The van der Waals surface area contributed by atoms with Crippen molar-refractivity contribution in [3.8, 4) is 11.5 Å². The lowest BCUT2D eigenvalue weighted by atomic mass is 10.1. The predicted octanol–water partition coefficient (Wildman–Crippen LogP) is 3.11. The van der Waals surface area contributed by atoms with E-state index < -0.39 is 10.0 Å². The summed E-state index contributed by atoms with van der Waals surface area (Å²) in [5.41, 5.74) is 0.703. The zero-order chi connectivity index (χ0) is 21.4. The standard InChI is InChI=1S/C21H28N2O5S/c1-4-27-19-11-5-6-12-20(19)28-14-8-13-21(24)23(3)16(2)17-9-7-10-18(15-17)29(22,25)26/h5-7,9-12,15-16H,4,8,13-14H2,1-3H3,(H2,22,25,26). The van der Waals surface area contributed by atoms with Gasteiger partial charge in [0.2, 0.25) is 15.9 Å². The van der Waals surface area contributed by atoms with Crippen molar-refractivity contribution < 1.29 is 22.7 Å². The Bertz CT molecular complexity index is 930. The van der Waals surface area contributed by atoms with Gasteiger partial charge in [0.15, 0.2) is 11.5 Å². The van der Waals surface area contributed by atoms with Gasteiger partial charge in [-0.2, -0.15) is 0 Å². The van der Waals surface area contributed by atoms with E-state index in [2.05, 4.69) is 0 Å². The molecule has 2 N–H and O–H groups in total. The Labute approximate surface area is 172 Å². The quantitative estimate of drug-likeness (QED) is 0.596. The molecule has 0 spiro atoms. The zero-order valence-electron chi connectivity index (χ0n) is 17.0. The van der Waals surface area contributed by atoms with Crippen molar-refractivity contribution in [2.24, 2.45) is 5.14 Å². The number of primary sulfonamides is 1. The Morgan fingerprint density at radius 3 is 2.38 bits per heavy atom. The third-order valence-electron chi connectivity index (χ3n) is 4.58. The van der Waals surface area contributed by atoms with Crippen LogP contribution in [0.5, 0.6) is 11.5 Å². The molecule has 0 aromatic heterocycles. The van der Waals surface area contributed by atoms with Gasteiger partial charge in [0.05, 0.1) is 24.2 Å². The van der Waals surface area contributed by atoms with Crippen molar-refractivity contribution in [3.63, 3.8) is 0 Å². The first kappa shape index (κ1) is 22.7. The van der Waals surface area contributed by atoms with Crippen LogP contribution in [0.3, 0.4) is 0 Å². The fourth-order valence-corrected chi connectivity index (χ4v) is 3.39. The summed E-state index contributed by atoms with van der Waals surface area (Å²) in [6, 6.07) is 13.5. The molecule has 1 unspecified atom stereocenters. The number of nitrogens with two attached hydrogens (primary N) is 1. The Balaban J connectivity index is 1.89. The molecule has 2 aromatic carbocycles. The number of hydrogen-bond acceptors (Lipinski definition) is 5. The molecule has 1 atom stereocenters. The molecule has 0 fully saturated rings. The van der Waals surface area contributed by atoms with Crippen molar-refractivity contribution in [1.82, 2.24) is 4.90 Å². The molecular formula is C21H28N2O5S. The number of sulfonamides is 1. The van der Waals surface area contributed by atoms with E-state index in [1.807, 2.05) is 38.1 Å². The van der Waals surface area contributed by atoms with Crippen molar-refractivity contribution in [1.29, 1.82) is 0 Å². The Kier molecular flexibility index (Phi) is 8.04. The number of hydrogen-bond donors (Lipinski definition) is 1. The molecule has 7 nitrogen and oxygen atoms in total. The highest BCUT2D eigenvalue weighted by Crippen LogP contribution is 2.27. The van der Waals surface area contributed by atoms with Gasteiger partial charge in [-0.15, -0.1) is 0 Å². The molecule has 0 radical (unpaired) electrons. The number of para-hydroxylation sites is 2. The molecule has 29 heavy (non-hydrogen) atoms. The minimum Gasteiger partial charge on any atom is -0.490 e. The molecule has 158 valence electrons. The SMILES string of the molecule is CCOc1ccccc1OCCCC(=O)N(C)C(C)c1cccc(S(N)(=O)=O)c1. The second-order valence-electron chi connectivity index (χ2n) is 6.63. The fraction of sp³-hybridized carbons (Fsp3) is 0.381. The van der Waals surface area contributed by atoms with Crippen molar-refractivity contribution in [2.75, 3.05) is 20.3 Å². The van der Waals surface area contributed by atoms with Gasteiger partial charge in [-0.05, 0) is 50.1 Å². The third-order valence-corrected chi connectivity index (χ3v) is 5.50. The van der Waals surface area contributed by atoms with Crippen LogP contribution in [0, 0.1) is 0 Å². The van der Waals surface area contributed by atoms with E-state index in [1.165, 1.54) is 12.1 Å². The number of amides is 1. The number of ether oxygens (including phenoxy) is 2. The number of carbonyl (C=O) groups excluding carboxylic acids is 1. The van der Waals surface area contributed by atoms with E-state index in [0.29, 0.717) is 43.1 Å². The first-order valence-corrected chi connectivity index (χ1v) is 11.0. The maximum Gasteiger partial charge on any atom is 0.238 e. The van der Waals surface area contributed by atoms with Gasteiger partial charge in [0.25, 0.3) is 0 Å². The smallest absolute Gasteiger partial charge is 0.238 e. The van der Waals surface area contributed by atoms with Crippen molar-refractivity contribution >= 4 is 15.9 Å². The van der Waals surface area contributed by atoms with Gasteiger partial charge in [-0.25, -0.2) is 13.6 Å². The summed E-state index contributed by atoms with van der Waals surface area (Å²) in [4.78, 5) is 14.1. The van der Waals surface area contributed by atoms with E-state index in [9.17, 15) is 13.2 Å². The van der Waals surface area contributed by atoms with Gasteiger partial charge in [0, 0.05) is 13.5 Å². The van der Waals surface area contributed by atoms with Crippen LogP contribution in [0.1, 0.15) is 38.3 Å². The Hall–Kier alpha value is -2.58. The molecule has 0 saturated carbocycles. The minimum atomic E-state index is -3.79. The maximum atomic E-state index is 12.5. The van der Waals surface area contributed by atoms with Crippen LogP contribution in [-0.2, 0) is 14.8 Å². The average Bonchev–Trinajstić information content (AvgIpc) is 2.70. The Morgan fingerprint density at radius 1 is 1.10 bits per heavy atom. The lowest BCUT2D eigenvalue weighted by Crippen LogP contribution is -2.30. The zero-order valence-corrected chi connectivity index (χ0v) is 17.8. The lowest BCUT2D eigenvalue weighted by molar-refractivity contribution is -0.132. The molecule has 0 aliphatic rings. The summed E-state index contributed by atoms with van der Waals surface area (Å²) < 4.78 is 34.3. The molecule has 2 rings (SSSR count). The Morgan fingerprint density at radius 2 is 1.76 bits per heavy atom. The van der Waals surface area contributed by atoms with Crippen molar-refractivity contribution in [2.45, 2.75) is 37.6 Å². The molecule has 0 aliphatic heterocycles. The summed E-state index contributed by atoms with van der Waals surface area (Å²) >= 11 is 0. The molecule has 8 heteroatoms. The fourth-order valence-electron chi connectivity index (χ4n) is 2.82. The van der Waals surface area contributed by atoms with Crippen LogP contribution in [0.4, 0.5) is 0 Å². The normalized spacial score (nSPS) is 12.3. The average molecular weight is 421 g/mol. The van der Waals surface area contributed by atoms with Crippen LogP contribution in [0.2, 0.25) is 0 Å². The molecule has 0 saturated heterocycles. The van der Waals surface area contributed by atoms with E-state index in [-0.39, 0.29) is 16.8 Å². The highest BCUT2D eigenvalue weighted by Gasteiger charge is 2.19. The summed E-state index contributed by atoms with van der Waals surface area (Å²) in [6.45, 7) is 4.69. The number of benzene rings is 2. The van der Waals surface area contributed by atoms with Gasteiger partial charge in [-0.3, -0.25) is 4.79 Å². The van der Waals surface area contributed by atoms with E-state index in [1.54, 1.807) is 24.1 Å². The number of carbonyl (C=O) groups is 1. The molecule has 1 amide bonds. The monoisotopic (exact) mass is 420 g/mol. The van der Waals surface area contributed by atoms with Gasteiger partial charge in [-0.1, -0.05) is 24.3 Å². The third kappa shape index (κ3) is 6.47. The number of rotatable bonds is 10. The number of nitrogens with zero attached hydrogens (tertiary/aromatic N) is 1. The van der Waals surface area contributed by atoms with Gasteiger partial charge in [0.1, 0.15) is 0 Å². The lowest BCUT2D eigenvalue weighted by Gasteiger charge is -2.25. The summed E-state index contributed by atoms with van der Waals surface area (Å²) in [6.07, 6.45) is 0.861. The second-order valence-corrected chi connectivity index (χ2v) is 8.19. The van der Waals surface area contributed by atoms with Crippen LogP contribution in [0.25, 0.3) is 0 Å². The van der Waals surface area contributed by atoms with E-state index >= 15 is 0 Å². The molecule has 2 aromatic rings. The largest absolute Gasteiger partial charge is 0.490 e. The van der Waals surface area contributed by atoms with Crippen LogP contribution < -0.4 is 14.6 Å². The van der Waals surface area contributed by atoms with Gasteiger partial charge >= 0.3 is 0 Å². The highest BCUT2D eigenvalue weighted by molar-refractivity contribution is 7.89. The maximum absolute atomic E-state index is 12.5. The van der Waals surface area contributed by atoms with Crippen LogP contribution in [-0.4, -0.2) is 39.5 Å². The first-order chi connectivity index (χ1) is 13.7. The van der Waals surface area contributed by atoms with Crippen LogP contribution in [0.15, 0.2) is 53.4 Å². The molecule has 0 bridgehead atoms. The summed E-state index contributed by atoms with van der Waals surface area (Å²) in [7, 11) is -2.09. The summed E-state index contributed by atoms with van der Waals surface area (Å²) in [5.74, 6) is 1.28. The van der Waals surface area contributed by atoms with E-state index in [4.69, 9.17) is 14.6 Å². The minimum absolute atomic E-state index is 0.0315. The summed E-state index contributed by atoms with van der Waals surface area (Å²) in [5, 5.41) is 5.19. The molecule has 0 heterocycles. The molecular weight excluding hydrogens is 392 g/mol. The predicted molar refractivity (Wildman–Crippen MR) is 111 cm³/mol. The van der Waals surface area contributed by atoms with Gasteiger partial charge < -0.3 is 14.4 Å². The highest BCUT2D eigenvalue weighted by atomic mass is 32.2. The second kappa shape index (κ2) is 10.3. The van der Waals surface area contributed by atoms with Crippen molar-refractivity contribution in [3.05, 3.63) is 54.1 Å². The van der Waals surface area contributed by atoms with Crippen LogP contribution >= 0.6 is 0 Å².